The van der Waals surface area contributed by atoms with E-state index in [0.29, 0.717) is 5.92 Å². The van der Waals surface area contributed by atoms with Crippen LogP contribution >= 0.6 is 0 Å². The first-order valence-electron chi connectivity index (χ1n) is 3.11. The molecule has 50 valence electrons. The zero-order valence-corrected chi connectivity index (χ0v) is 5.42. The predicted octanol–water partition coefficient (Wildman–Crippen LogP) is 1.43. The van der Waals surface area contributed by atoms with E-state index in [0.717, 1.165) is 12.8 Å². The lowest BCUT2D eigenvalue weighted by Crippen LogP contribution is -1.89. The molecule has 0 saturated heterocycles. The van der Waals surface area contributed by atoms with Crippen LogP contribution in [0.5, 0.6) is 0 Å². The van der Waals surface area contributed by atoms with Crippen LogP contribution in [-0.2, 0) is 4.79 Å². The Hall–Kier alpha value is -0.790. The SMILES string of the molecule is CC(=O)C=C(O)C1CC1. The van der Waals surface area contributed by atoms with Crippen LogP contribution in [0.4, 0.5) is 0 Å². The highest BCUT2D eigenvalue weighted by atomic mass is 16.3. The summed E-state index contributed by atoms with van der Waals surface area (Å²) in [5.74, 6) is 0.496. The lowest BCUT2D eigenvalue weighted by molar-refractivity contribution is -0.112. The molecular formula is C7H10O2. The smallest absolute Gasteiger partial charge is 0.155 e. The fourth-order valence-electron chi connectivity index (χ4n) is 0.705. The minimum Gasteiger partial charge on any atom is -0.512 e. The summed E-state index contributed by atoms with van der Waals surface area (Å²) in [6.07, 6.45) is 3.38. The van der Waals surface area contributed by atoms with Gasteiger partial charge < -0.3 is 5.11 Å². The Morgan fingerprint density at radius 2 is 2.22 bits per heavy atom. The third-order valence-electron chi connectivity index (χ3n) is 1.35. The van der Waals surface area contributed by atoms with Crippen molar-refractivity contribution >= 4 is 5.78 Å². The first-order chi connectivity index (χ1) is 4.20. The molecule has 0 atom stereocenters. The van der Waals surface area contributed by atoms with Crippen molar-refractivity contribution in [3.63, 3.8) is 0 Å². The van der Waals surface area contributed by atoms with E-state index >= 15 is 0 Å². The van der Waals surface area contributed by atoms with E-state index in [1.165, 1.54) is 13.0 Å². The number of aliphatic hydroxyl groups is 1. The number of hydrogen-bond acceptors (Lipinski definition) is 2. The maximum absolute atomic E-state index is 10.4. The molecule has 1 aliphatic carbocycles. The Bertz CT molecular complexity index is 154. The minimum atomic E-state index is -0.0700. The second-order valence-corrected chi connectivity index (χ2v) is 2.45. The lowest BCUT2D eigenvalue weighted by Gasteiger charge is -1.90. The van der Waals surface area contributed by atoms with Crippen LogP contribution < -0.4 is 0 Å². The van der Waals surface area contributed by atoms with Crippen molar-refractivity contribution in [2.75, 3.05) is 0 Å². The predicted molar refractivity (Wildman–Crippen MR) is 34.1 cm³/mol. The molecule has 0 aliphatic heterocycles. The molecule has 1 aliphatic rings. The third kappa shape index (κ3) is 1.88. The molecule has 2 nitrogen and oxygen atoms in total. The van der Waals surface area contributed by atoms with Gasteiger partial charge in [0.1, 0.15) is 0 Å². The molecule has 1 fully saturated rings. The second kappa shape index (κ2) is 2.21. The summed E-state index contributed by atoms with van der Waals surface area (Å²) in [7, 11) is 0. The molecular weight excluding hydrogens is 116 g/mol. The minimum absolute atomic E-state index is 0.0700. The number of carbonyl (C=O) groups is 1. The van der Waals surface area contributed by atoms with Gasteiger partial charge in [0.15, 0.2) is 5.78 Å². The van der Waals surface area contributed by atoms with Gasteiger partial charge in [-0.3, -0.25) is 4.79 Å². The monoisotopic (exact) mass is 126 g/mol. The highest BCUT2D eigenvalue weighted by Gasteiger charge is 2.25. The molecule has 1 N–H and O–H groups in total. The maximum atomic E-state index is 10.4. The van der Waals surface area contributed by atoms with Crippen LogP contribution in [0.15, 0.2) is 11.8 Å². The van der Waals surface area contributed by atoms with Gasteiger partial charge in [-0.05, 0) is 19.8 Å². The fraction of sp³-hybridized carbons (Fsp3) is 0.571. The summed E-state index contributed by atoms with van der Waals surface area (Å²) in [6.45, 7) is 1.44. The van der Waals surface area contributed by atoms with Crippen molar-refractivity contribution in [2.24, 2.45) is 5.92 Å². The first kappa shape index (κ1) is 6.33. The van der Waals surface area contributed by atoms with Gasteiger partial charge in [0.25, 0.3) is 0 Å². The molecule has 0 unspecified atom stereocenters. The van der Waals surface area contributed by atoms with Crippen molar-refractivity contribution < 1.29 is 9.90 Å². The molecule has 0 aromatic heterocycles. The molecule has 9 heavy (non-hydrogen) atoms. The van der Waals surface area contributed by atoms with E-state index in [9.17, 15) is 4.79 Å². The van der Waals surface area contributed by atoms with E-state index in [-0.39, 0.29) is 11.5 Å². The molecule has 0 aromatic carbocycles. The Kier molecular flexibility index (Phi) is 1.56. The second-order valence-electron chi connectivity index (χ2n) is 2.45. The summed E-state index contributed by atoms with van der Waals surface area (Å²) in [5, 5.41) is 9.00. The molecule has 1 rings (SSSR count). The van der Waals surface area contributed by atoms with Gasteiger partial charge in [0, 0.05) is 12.0 Å². The Morgan fingerprint density at radius 3 is 2.56 bits per heavy atom. The van der Waals surface area contributed by atoms with E-state index in [4.69, 9.17) is 5.11 Å². The molecule has 0 radical (unpaired) electrons. The van der Waals surface area contributed by atoms with Crippen molar-refractivity contribution in [1.82, 2.24) is 0 Å². The summed E-state index contributed by atoms with van der Waals surface area (Å²) < 4.78 is 0. The number of aliphatic hydroxyl groups excluding tert-OH is 1. The van der Waals surface area contributed by atoms with E-state index < -0.39 is 0 Å². The number of allylic oxidation sites excluding steroid dienone is 2. The number of rotatable bonds is 2. The molecule has 0 heterocycles. The van der Waals surface area contributed by atoms with Crippen LogP contribution in [0.25, 0.3) is 0 Å². The van der Waals surface area contributed by atoms with Crippen molar-refractivity contribution in [1.29, 1.82) is 0 Å². The van der Waals surface area contributed by atoms with Crippen LogP contribution in [-0.4, -0.2) is 10.9 Å². The van der Waals surface area contributed by atoms with Crippen LogP contribution in [0.2, 0.25) is 0 Å². The lowest BCUT2D eigenvalue weighted by atomic mass is 10.3. The van der Waals surface area contributed by atoms with Crippen LogP contribution in [0.1, 0.15) is 19.8 Å². The zero-order chi connectivity index (χ0) is 6.85. The Balaban J connectivity index is 2.47. The summed E-state index contributed by atoms with van der Waals surface area (Å²) in [5.41, 5.74) is 0. The van der Waals surface area contributed by atoms with Gasteiger partial charge >= 0.3 is 0 Å². The first-order valence-corrected chi connectivity index (χ1v) is 3.11. The highest BCUT2D eigenvalue weighted by Crippen LogP contribution is 2.34. The number of hydrogen-bond donors (Lipinski definition) is 1. The average Bonchev–Trinajstić information content (AvgIpc) is 2.40. The van der Waals surface area contributed by atoms with Gasteiger partial charge in [-0.1, -0.05) is 0 Å². The number of ketones is 1. The topological polar surface area (TPSA) is 37.3 Å². The largest absolute Gasteiger partial charge is 0.512 e. The van der Waals surface area contributed by atoms with Gasteiger partial charge in [0.05, 0.1) is 5.76 Å². The van der Waals surface area contributed by atoms with E-state index in [1.54, 1.807) is 0 Å². The zero-order valence-electron chi connectivity index (χ0n) is 5.42. The third-order valence-corrected chi connectivity index (χ3v) is 1.35. The molecule has 1 saturated carbocycles. The molecule has 0 amide bonds. The van der Waals surface area contributed by atoms with E-state index in [2.05, 4.69) is 0 Å². The summed E-state index contributed by atoms with van der Waals surface area (Å²) in [4.78, 5) is 10.4. The highest BCUT2D eigenvalue weighted by molar-refractivity contribution is 5.87. The van der Waals surface area contributed by atoms with Gasteiger partial charge in [-0.2, -0.15) is 0 Å². The van der Waals surface area contributed by atoms with Crippen molar-refractivity contribution in [3.05, 3.63) is 11.8 Å². The maximum Gasteiger partial charge on any atom is 0.155 e. The Labute approximate surface area is 54.2 Å². The molecule has 0 spiro atoms. The van der Waals surface area contributed by atoms with Gasteiger partial charge in [-0.15, -0.1) is 0 Å². The van der Waals surface area contributed by atoms with Gasteiger partial charge in [0.2, 0.25) is 0 Å². The van der Waals surface area contributed by atoms with Crippen molar-refractivity contribution in [2.45, 2.75) is 19.8 Å². The summed E-state index contributed by atoms with van der Waals surface area (Å²) in [6, 6.07) is 0. The quantitative estimate of drug-likeness (QED) is 0.449. The number of carbonyl (C=O) groups excluding carboxylic acids is 1. The van der Waals surface area contributed by atoms with Crippen LogP contribution in [0, 0.1) is 5.92 Å². The van der Waals surface area contributed by atoms with Crippen molar-refractivity contribution in [3.8, 4) is 0 Å². The average molecular weight is 126 g/mol. The van der Waals surface area contributed by atoms with E-state index in [1.807, 2.05) is 0 Å². The summed E-state index contributed by atoms with van der Waals surface area (Å²) >= 11 is 0. The Morgan fingerprint density at radius 1 is 1.67 bits per heavy atom. The molecule has 0 aromatic rings. The fourth-order valence-corrected chi connectivity index (χ4v) is 0.705. The molecule has 0 bridgehead atoms. The normalized spacial score (nSPS) is 19.9. The van der Waals surface area contributed by atoms with Gasteiger partial charge in [-0.25, -0.2) is 0 Å². The van der Waals surface area contributed by atoms with Crippen LogP contribution in [0.3, 0.4) is 0 Å². The standard InChI is InChI=1S/C7H10O2/c1-5(8)4-7(9)6-2-3-6/h4,6,9H,2-3H2,1H3. The molecule has 2 heteroatoms.